The van der Waals surface area contributed by atoms with Crippen LogP contribution in [0.25, 0.3) is 10.2 Å². The van der Waals surface area contributed by atoms with Gasteiger partial charge in [0.1, 0.15) is 5.52 Å². The number of rotatable bonds is 3. The molecule has 1 heterocycles. The van der Waals surface area contributed by atoms with E-state index in [1.54, 1.807) is 6.07 Å². The summed E-state index contributed by atoms with van der Waals surface area (Å²) < 4.78 is 0.890. The zero-order valence-corrected chi connectivity index (χ0v) is 16.8. The molecule has 4 rings (SSSR count). The van der Waals surface area contributed by atoms with Crippen molar-refractivity contribution < 1.29 is 4.79 Å². The van der Waals surface area contributed by atoms with Crippen molar-refractivity contribution in [2.75, 3.05) is 5.32 Å². The second-order valence-electron chi connectivity index (χ2n) is 6.48. The predicted octanol–water partition coefficient (Wildman–Crippen LogP) is 6.71. The summed E-state index contributed by atoms with van der Waals surface area (Å²) >= 11 is 19.7. The summed E-state index contributed by atoms with van der Waals surface area (Å²) in [5.74, 6) is -0.0291. The molecule has 0 aliphatic heterocycles. The maximum absolute atomic E-state index is 13.2. The SMILES string of the molecule is O=C(Nc1nc2c(Cl)c(Cl)ccc2s1)C1(c2ccc(Cl)cc2)CCCC1. The molecule has 134 valence electrons. The minimum Gasteiger partial charge on any atom is -0.301 e. The van der Waals surface area contributed by atoms with E-state index >= 15 is 0 Å². The van der Waals surface area contributed by atoms with E-state index in [2.05, 4.69) is 10.3 Å². The third-order valence-electron chi connectivity index (χ3n) is 4.96. The average molecular weight is 426 g/mol. The molecule has 1 aliphatic carbocycles. The molecule has 26 heavy (non-hydrogen) atoms. The van der Waals surface area contributed by atoms with Crippen LogP contribution in [-0.4, -0.2) is 10.9 Å². The van der Waals surface area contributed by atoms with Gasteiger partial charge in [0.25, 0.3) is 0 Å². The Morgan fingerprint density at radius 3 is 2.42 bits per heavy atom. The first-order valence-corrected chi connectivity index (χ1v) is 10.3. The van der Waals surface area contributed by atoms with Gasteiger partial charge in [-0.3, -0.25) is 4.79 Å². The van der Waals surface area contributed by atoms with Gasteiger partial charge in [-0.1, -0.05) is 71.1 Å². The molecule has 0 bridgehead atoms. The molecule has 0 spiro atoms. The van der Waals surface area contributed by atoms with Crippen LogP contribution in [0.3, 0.4) is 0 Å². The molecule has 1 fully saturated rings. The number of anilines is 1. The van der Waals surface area contributed by atoms with Gasteiger partial charge in [0.05, 0.1) is 20.2 Å². The van der Waals surface area contributed by atoms with Crippen LogP contribution < -0.4 is 5.32 Å². The lowest BCUT2D eigenvalue weighted by atomic mass is 9.78. The van der Waals surface area contributed by atoms with Crippen molar-refractivity contribution in [1.29, 1.82) is 0 Å². The topological polar surface area (TPSA) is 42.0 Å². The maximum Gasteiger partial charge on any atom is 0.236 e. The summed E-state index contributed by atoms with van der Waals surface area (Å²) in [6, 6.07) is 11.2. The number of thiazole rings is 1. The van der Waals surface area contributed by atoms with Crippen LogP contribution in [0.5, 0.6) is 0 Å². The van der Waals surface area contributed by atoms with E-state index < -0.39 is 5.41 Å². The summed E-state index contributed by atoms with van der Waals surface area (Å²) in [4.78, 5) is 17.7. The largest absolute Gasteiger partial charge is 0.301 e. The summed E-state index contributed by atoms with van der Waals surface area (Å²) in [6.07, 6.45) is 3.69. The number of nitrogens with zero attached hydrogens (tertiary/aromatic N) is 1. The molecule has 1 N–H and O–H groups in total. The van der Waals surface area contributed by atoms with Crippen LogP contribution in [0.1, 0.15) is 31.2 Å². The van der Waals surface area contributed by atoms with E-state index in [0.717, 1.165) is 35.9 Å². The molecule has 0 unspecified atom stereocenters. The third kappa shape index (κ3) is 3.09. The Morgan fingerprint density at radius 2 is 1.73 bits per heavy atom. The van der Waals surface area contributed by atoms with Gasteiger partial charge >= 0.3 is 0 Å². The average Bonchev–Trinajstić information content (AvgIpc) is 3.27. The number of hydrogen-bond donors (Lipinski definition) is 1. The van der Waals surface area contributed by atoms with Crippen molar-refractivity contribution in [2.45, 2.75) is 31.1 Å². The normalized spacial score (nSPS) is 16.1. The van der Waals surface area contributed by atoms with E-state index in [1.807, 2.05) is 30.3 Å². The number of halogens is 3. The summed E-state index contributed by atoms with van der Waals surface area (Å²) in [6.45, 7) is 0. The van der Waals surface area contributed by atoms with Crippen molar-refractivity contribution in [3.63, 3.8) is 0 Å². The molecule has 0 atom stereocenters. The molecule has 7 heteroatoms. The summed E-state index contributed by atoms with van der Waals surface area (Å²) in [7, 11) is 0. The van der Waals surface area contributed by atoms with Gasteiger partial charge < -0.3 is 5.32 Å². The van der Waals surface area contributed by atoms with Gasteiger partial charge in [-0.25, -0.2) is 4.98 Å². The lowest BCUT2D eigenvalue weighted by Gasteiger charge is -2.27. The number of nitrogens with one attached hydrogen (secondary N) is 1. The number of carbonyl (C=O) groups excluding carboxylic acids is 1. The number of fused-ring (bicyclic) bond motifs is 1. The summed E-state index contributed by atoms with van der Waals surface area (Å²) in [5.41, 5.74) is 1.08. The van der Waals surface area contributed by atoms with Gasteiger partial charge in [0.2, 0.25) is 5.91 Å². The number of amides is 1. The minimum atomic E-state index is -0.538. The molecule has 2 aromatic carbocycles. The smallest absolute Gasteiger partial charge is 0.236 e. The van der Waals surface area contributed by atoms with E-state index in [1.165, 1.54) is 11.3 Å². The fraction of sp³-hybridized carbons (Fsp3) is 0.263. The number of benzene rings is 2. The number of aromatic nitrogens is 1. The van der Waals surface area contributed by atoms with Crippen molar-refractivity contribution in [3.05, 3.63) is 57.0 Å². The first kappa shape index (κ1) is 18.1. The van der Waals surface area contributed by atoms with Gasteiger partial charge in [0, 0.05) is 5.02 Å². The second kappa shape index (κ2) is 7.01. The third-order valence-corrected chi connectivity index (χ3v) is 6.94. The zero-order valence-electron chi connectivity index (χ0n) is 13.7. The minimum absolute atomic E-state index is 0.0291. The zero-order chi connectivity index (χ0) is 18.3. The fourth-order valence-corrected chi connectivity index (χ4v) is 5.01. The van der Waals surface area contributed by atoms with E-state index in [0.29, 0.717) is 25.7 Å². The molecule has 0 radical (unpaired) electrons. The maximum atomic E-state index is 13.2. The van der Waals surface area contributed by atoms with Gasteiger partial charge in [-0.15, -0.1) is 0 Å². The molecular formula is C19H15Cl3N2OS. The Bertz CT molecular complexity index is 978. The molecular weight excluding hydrogens is 411 g/mol. The Labute approximate surface area is 170 Å². The van der Waals surface area contributed by atoms with Crippen LogP contribution in [-0.2, 0) is 10.2 Å². The van der Waals surface area contributed by atoms with Gasteiger partial charge in [-0.05, 0) is 42.7 Å². The highest BCUT2D eigenvalue weighted by molar-refractivity contribution is 7.22. The fourth-order valence-electron chi connectivity index (χ4n) is 3.60. The Balaban J connectivity index is 1.67. The first-order valence-electron chi connectivity index (χ1n) is 8.32. The quantitative estimate of drug-likeness (QED) is 0.507. The lowest BCUT2D eigenvalue weighted by molar-refractivity contribution is -0.121. The van der Waals surface area contributed by atoms with Crippen molar-refractivity contribution >= 4 is 67.4 Å². The Kier molecular flexibility index (Phi) is 4.86. The standard InChI is InChI=1S/C19H15Cl3N2OS/c20-12-5-3-11(4-6-12)19(9-1-2-10-19)17(25)24-18-23-16-14(26-18)8-7-13(21)15(16)22/h3-8H,1-2,9-10H2,(H,23,24,25). The molecule has 0 saturated heterocycles. The van der Waals surface area contributed by atoms with Crippen LogP contribution >= 0.6 is 46.1 Å². The summed E-state index contributed by atoms with van der Waals surface area (Å²) in [5, 5.41) is 5.08. The van der Waals surface area contributed by atoms with Crippen molar-refractivity contribution in [1.82, 2.24) is 4.98 Å². The van der Waals surface area contributed by atoms with Crippen LogP contribution in [0.15, 0.2) is 36.4 Å². The van der Waals surface area contributed by atoms with E-state index in [4.69, 9.17) is 34.8 Å². The molecule has 1 aliphatic rings. The molecule has 1 saturated carbocycles. The van der Waals surface area contributed by atoms with Crippen LogP contribution in [0, 0.1) is 0 Å². The predicted molar refractivity (Wildman–Crippen MR) is 110 cm³/mol. The highest BCUT2D eigenvalue weighted by Gasteiger charge is 2.43. The second-order valence-corrected chi connectivity index (χ2v) is 8.73. The number of hydrogen-bond acceptors (Lipinski definition) is 3. The van der Waals surface area contributed by atoms with Crippen LogP contribution in [0.4, 0.5) is 5.13 Å². The van der Waals surface area contributed by atoms with Gasteiger partial charge in [-0.2, -0.15) is 0 Å². The van der Waals surface area contributed by atoms with Gasteiger partial charge in [0.15, 0.2) is 5.13 Å². The van der Waals surface area contributed by atoms with Crippen LogP contribution in [0.2, 0.25) is 15.1 Å². The molecule has 3 nitrogen and oxygen atoms in total. The first-order chi connectivity index (χ1) is 12.5. The molecule has 1 aromatic heterocycles. The monoisotopic (exact) mass is 424 g/mol. The number of carbonyl (C=O) groups is 1. The van der Waals surface area contributed by atoms with E-state index in [9.17, 15) is 4.79 Å². The van der Waals surface area contributed by atoms with E-state index in [-0.39, 0.29) is 5.91 Å². The van der Waals surface area contributed by atoms with Crippen molar-refractivity contribution in [3.8, 4) is 0 Å². The lowest BCUT2D eigenvalue weighted by Crippen LogP contribution is -2.37. The molecule has 3 aromatic rings. The highest BCUT2D eigenvalue weighted by atomic mass is 35.5. The van der Waals surface area contributed by atoms with Crippen molar-refractivity contribution in [2.24, 2.45) is 0 Å². The molecule has 1 amide bonds. The Morgan fingerprint density at radius 1 is 1.04 bits per heavy atom. The highest BCUT2D eigenvalue weighted by Crippen LogP contribution is 2.43. The Hall–Kier alpha value is -1.33.